The van der Waals surface area contributed by atoms with Crippen molar-refractivity contribution in [3.63, 3.8) is 0 Å². The lowest BCUT2D eigenvalue weighted by Gasteiger charge is -2.40. The highest BCUT2D eigenvalue weighted by Gasteiger charge is 2.26. The third-order valence-electron chi connectivity index (χ3n) is 4.45. The quantitative estimate of drug-likeness (QED) is 0.747. The molecule has 0 aromatic heterocycles. The van der Waals surface area contributed by atoms with Crippen molar-refractivity contribution >= 4 is 5.91 Å². The molecule has 2 aliphatic heterocycles. The minimum absolute atomic E-state index is 0.192. The zero-order chi connectivity index (χ0) is 15.2. The Bertz CT molecular complexity index is 330. The lowest BCUT2D eigenvalue weighted by atomic mass is 10.2. The van der Waals surface area contributed by atoms with Gasteiger partial charge in [-0.05, 0) is 13.8 Å². The largest absolute Gasteiger partial charge is 0.374 e. The number of nitrogens with two attached hydrogens (primary N) is 1. The van der Waals surface area contributed by atoms with Gasteiger partial charge in [0.15, 0.2) is 0 Å². The van der Waals surface area contributed by atoms with E-state index in [1.165, 1.54) is 0 Å². The van der Waals surface area contributed by atoms with Gasteiger partial charge in [0.1, 0.15) is 0 Å². The van der Waals surface area contributed by atoms with Crippen molar-refractivity contribution in [1.29, 1.82) is 0 Å². The van der Waals surface area contributed by atoms with E-state index in [4.69, 9.17) is 10.5 Å². The highest BCUT2D eigenvalue weighted by atomic mass is 16.5. The molecule has 0 spiro atoms. The third kappa shape index (κ3) is 4.92. The average Bonchev–Trinajstić information content (AvgIpc) is 2.48. The number of ether oxygens (including phenoxy) is 1. The van der Waals surface area contributed by atoms with Gasteiger partial charge in [0, 0.05) is 64.8 Å². The first kappa shape index (κ1) is 16.7. The van der Waals surface area contributed by atoms with E-state index in [0.29, 0.717) is 25.1 Å². The van der Waals surface area contributed by atoms with Gasteiger partial charge in [0.2, 0.25) is 5.91 Å². The molecule has 2 rings (SSSR count). The molecular weight excluding hydrogens is 268 g/mol. The molecule has 1 amide bonds. The summed E-state index contributed by atoms with van der Waals surface area (Å²) in [6.45, 7) is 12.3. The Morgan fingerprint density at radius 1 is 1.24 bits per heavy atom. The molecule has 2 N–H and O–H groups in total. The molecule has 122 valence electrons. The molecule has 0 aromatic rings. The standard InChI is InChI=1S/C15H30N4O2/c1-13(2)19-9-10-21-14(12-19)11-17-5-7-18(8-6-17)15(20)3-4-16/h13-14H,3-12,16H2,1-2H3. The maximum Gasteiger partial charge on any atom is 0.223 e. The zero-order valence-corrected chi connectivity index (χ0v) is 13.5. The molecule has 2 aliphatic rings. The first-order chi connectivity index (χ1) is 10.1. The van der Waals surface area contributed by atoms with Gasteiger partial charge < -0.3 is 15.4 Å². The van der Waals surface area contributed by atoms with E-state index in [1.54, 1.807) is 0 Å². The molecule has 0 bridgehead atoms. The summed E-state index contributed by atoms with van der Waals surface area (Å²) in [6.07, 6.45) is 0.766. The van der Waals surface area contributed by atoms with Gasteiger partial charge in [-0.1, -0.05) is 0 Å². The molecule has 0 aromatic carbocycles. The van der Waals surface area contributed by atoms with Gasteiger partial charge in [-0.2, -0.15) is 0 Å². The fourth-order valence-corrected chi connectivity index (χ4v) is 3.07. The van der Waals surface area contributed by atoms with E-state index in [9.17, 15) is 4.79 Å². The second kappa shape index (κ2) is 8.08. The molecule has 0 aliphatic carbocycles. The van der Waals surface area contributed by atoms with E-state index in [2.05, 4.69) is 23.6 Å². The first-order valence-electron chi connectivity index (χ1n) is 8.16. The summed E-state index contributed by atoms with van der Waals surface area (Å²) < 4.78 is 5.89. The van der Waals surface area contributed by atoms with Gasteiger partial charge >= 0.3 is 0 Å². The van der Waals surface area contributed by atoms with Crippen LogP contribution in [0.1, 0.15) is 20.3 Å². The summed E-state index contributed by atoms with van der Waals surface area (Å²) in [7, 11) is 0. The Labute approximate surface area is 128 Å². The highest BCUT2D eigenvalue weighted by molar-refractivity contribution is 5.76. The number of nitrogens with zero attached hydrogens (tertiary/aromatic N) is 3. The molecule has 0 saturated carbocycles. The van der Waals surface area contributed by atoms with Gasteiger partial charge in [0.05, 0.1) is 12.7 Å². The average molecular weight is 298 g/mol. The summed E-state index contributed by atoms with van der Waals surface area (Å²) >= 11 is 0. The third-order valence-corrected chi connectivity index (χ3v) is 4.45. The maximum absolute atomic E-state index is 11.8. The van der Waals surface area contributed by atoms with Crippen LogP contribution in [0.2, 0.25) is 0 Å². The minimum Gasteiger partial charge on any atom is -0.374 e. The second-order valence-electron chi connectivity index (χ2n) is 6.30. The number of morpholine rings is 1. The molecule has 0 radical (unpaired) electrons. The van der Waals surface area contributed by atoms with Crippen LogP contribution in [0.3, 0.4) is 0 Å². The molecule has 6 heteroatoms. The van der Waals surface area contributed by atoms with Crippen LogP contribution in [0, 0.1) is 0 Å². The van der Waals surface area contributed by atoms with E-state index < -0.39 is 0 Å². The highest BCUT2D eigenvalue weighted by Crippen LogP contribution is 2.12. The van der Waals surface area contributed by atoms with Gasteiger partial charge in [-0.3, -0.25) is 14.6 Å². The van der Waals surface area contributed by atoms with Crippen molar-refractivity contribution in [3.8, 4) is 0 Å². The summed E-state index contributed by atoms with van der Waals surface area (Å²) in [5, 5.41) is 0. The Kier molecular flexibility index (Phi) is 6.41. The lowest BCUT2D eigenvalue weighted by Crippen LogP contribution is -2.54. The van der Waals surface area contributed by atoms with Crippen LogP contribution in [0.15, 0.2) is 0 Å². The Hall–Kier alpha value is -0.690. The fourth-order valence-electron chi connectivity index (χ4n) is 3.07. The van der Waals surface area contributed by atoms with Gasteiger partial charge in [0.25, 0.3) is 0 Å². The predicted octanol–water partition coefficient (Wildman–Crippen LogP) is -0.411. The van der Waals surface area contributed by atoms with Crippen LogP contribution < -0.4 is 5.73 Å². The van der Waals surface area contributed by atoms with Crippen molar-refractivity contribution in [2.24, 2.45) is 5.73 Å². The fraction of sp³-hybridized carbons (Fsp3) is 0.933. The van der Waals surface area contributed by atoms with Crippen LogP contribution >= 0.6 is 0 Å². The van der Waals surface area contributed by atoms with E-state index in [1.807, 2.05) is 4.90 Å². The molecule has 1 unspecified atom stereocenters. The van der Waals surface area contributed by atoms with Crippen LogP contribution in [-0.2, 0) is 9.53 Å². The van der Waals surface area contributed by atoms with Gasteiger partial charge in [-0.15, -0.1) is 0 Å². The smallest absolute Gasteiger partial charge is 0.223 e. The van der Waals surface area contributed by atoms with E-state index in [-0.39, 0.29) is 5.91 Å². The van der Waals surface area contributed by atoms with Crippen LogP contribution in [0.4, 0.5) is 0 Å². The zero-order valence-electron chi connectivity index (χ0n) is 13.5. The molecular formula is C15H30N4O2. The number of hydrogen-bond donors (Lipinski definition) is 1. The molecule has 2 heterocycles. The summed E-state index contributed by atoms with van der Waals surface area (Å²) in [5.41, 5.74) is 5.45. The molecule has 2 fully saturated rings. The molecule has 2 saturated heterocycles. The summed E-state index contributed by atoms with van der Waals surface area (Å²) in [5.74, 6) is 0.192. The number of carbonyl (C=O) groups excluding carboxylic acids is 1. The Balaban J connectivity index is 1.72. The Morgan fingerprint density at radius 3 is 2.57 bits per heavy atom. The predicted molar refractivity (Wildman–Crippen MR) is 83.1 cm³/mol. The number of hydrogen-bond acceptors (Lipinski definition) is 5. The number of rotatable bonds is 5. The minimum atomic E-state index is 0.192. The van der Waals surface area contributed by atoms with Crippen molar-refractivity contribution in [3.05, 3.63) is 0 Å². The van der Waals surface area contributed by atoms with Crippen LogP contribution in [0.5, 0.6) is 0 Å². The van der Waals surface area contributed by atoms with E-state index in [0.717, 1.165) is 52.4 Å². The molecule has 21 heavy (non-hydrogen) atoms. The van der Waals surface area contributed by atoms with Crippen molar-refractivity contribution in [2.45, 2.75) is 32.4 Å². The maximum atomic E-state index is 11.8. The summed E-state index contributed by atoms with van der Waals surface area (Å²) in [4.78, 5) is 18.6. The lowest BCUT2D eigenvalue weighted by molar-refractivity contribution is -0.133. The normalized spacial score (nSPS) is 25.5. The summed E-state index contributed by atoms with van der Waals surface area (Å²) in [6, 6.07) is 0.585. The number of piperazine rings is 1. The SMILES string of the molecule is CC(C)N1CCOC(CN2CCN(C(=O)CCN)CC2)C1. The first-order valence-corrected chi connectivity index (χ1v) is 8.16. The van der Waals surface area contributed by atoms with Crippen LogP contribution in [0.25, 0.3) is 0 Å². The molecule has 6 nitrogen and oxygen atoms in total. The number of carbonyl (C=O) groups is 1. The number of amides is 1. The molecule has 1 atom stereocenters. The van der Waals surface area contributed by atoms with Crippen molar-refractivity contribution in [1.82, 2.24) is 14.7 Å². The monoisotopic (exact) mass is 298 g/mol. The van der Waals surface area contributed by atoms with Crippen LogP contribution in [-0.4, -0.2) is 91.7 Å². The Morgan fingerprint density at radius 2 is 1.95 bits per heavy atom. The van der Waals surface area contributed by atoms with Crippen molar-refractivity contribution < 1.29 is 9.53 Å². The van der Waals surface area contributed by atoms with Gasteiger partial charge in [-0.25, -0.2) is 0 Å². The van der Waals surface area contributed by atoms with E-state index >= 15 is 0 Å². The topological polar surface area (TPSA) is 62.0 Å². The van der Waals surface area contributed by atoms with Crippen molar-refractivity contribution in [2.75, 3.05) is 59.0 Å². The second-order valence-corrected chi connectivity index (χ2v) is 6.30.